The van der Waals surface area contributed by atoms with Crippen LogP contribution in [-0.4, -0.2) is 13.3 Å². The van der Waals surface area contributed by atoms with Crippen LogP contribution < -0.4 is 0 Å². The first-order chi connectivity index (χ1) is 9.27. The van der Waals surface area contributed by atoms with Crippen LogP contribution in [0.1, 0.15) is 12.5 Å². The van der Waals surface area contributed by atoms with Gasteiger partial charge >= 0.3 is 0 Å². The molecule has 0 amide bonds. The van der Waals surface area contributed by atoms with Crippen LogP contribution in [0.2, 0.25) is 0 Å². The molecular formula is C18H21N. The van der Waals surface area contributed by atoms with E-state index < -0.39 is 0 Å². The third-order valence-corrected chi connectivity index (χ3v) is 2.55. The summed E-state index contributed by atoms with van der Waals surface area (Å²) in [7, 11) is 1.75. The maximum atomic E-state index is 3.71. The average molecular weight is 251 g/mol. The zero-order valence-corrected chi connectivity index (χ0v) is 11.9. The van der Waals surface area contributed by atoms with E-state index in [1.165, 1.54) is 16.7 Å². The number of hydrogen-bond acceptors (Lipinski definition) is 1. The summed E-state index contributed by atoms with van der Waals surface area (Å²) in [6.07, 6.45) is 5.58. The Kier molecular flexibility index (Phi) is 6.96. The SMILES string of the molecule is C/C=C\C=NC.Cc1cccc(-c2ccccc2)c1. The van der Waals surface area contributed by atoms with E-state index in [0.29, 0.717) is 0 Å². The minimum Gasteiger partial charge on any atom is -0.297 e. The molecule has 0 unspecified atom stereocenters. The van der Waals surface area contributed by atoms with Crippen LogP contribution in [0.5, 0.6) is 0 Å². The van der Waals surface area contributed by atoms with Gasteiger partial charge in [-0.2, -0.15) is 0 Å². The number of nitrogens with zero attached hydrogens (tertiary/aromatic N) is 1. The molecule has 0 saturated heterocycles. The summed E-state index contributed by atoms with van der Waals surface area (Å²) in [6, 6.07) is 19.0. The number of benzene rings is 2. The van der Waals surface area contributed by atoms with Gasteiger partial charge in [0, 0.05) is 13.3 Å². The largest absolute Gasteiger partial charge is 0.297 e. The lowest BCUT2D eigenvalue weighted by Crippen LogP contribution is -1.77. The molecule has 0 aliphatic rings. The van der Waals surface area contributed by atoms with Crippen molar-refractivity contribution in [2.24, 2.45) is 4.99 Å². The second kappa shape index (κ2) is 8.87. The Bertz CT molecular complexity index is 514. The predicted octanol–water partition coefficient (Wildman–Crippen LogP) is 4.93. The summed E-state index contributed by atoms with van der Waals surface area (Å²) < 4.78 is 0. The zero-order valence-electron chi connectivity index (χ0n) is 11.9. The fourth-order valence-electron chi connectivity index (χ4n) is 1.63. The van der Waals surface area contributed by atoms with Gasteiger partial charge in [-0.25, -0.2) is 0 Å². The molecule has 0 fully saturated rings. The third-order valence-electron chi connectivity index (χ3n) is 2.55. The van der Waals surface area contributed by atoms with Crippen LogP contribution in [0, 0.1) is 6.92 Å². The Balaban J connectivity index is 0.000000258. The molecule has 0 N–H and O–H groups in total. The van der Waals surface area contributed by atoms with Crippen LogP contribution >= 0.6 is 0 Å². The second-order valence-electron chi connectivity index (χ2n) is 4.17. The number of aliphatic imine (C=N–C) groups is 1. The molecule has 0 atom stereocenters. The summed E-state index contributed by atoms with van der Waals surface area (Å²) in [4.78, 5) is 3.71. The smallest absolute Gasteiger partial charge is 0.0277 e. The molecule has 2 aromatic carbocycles. The molecule has 0 aromatic heterocycles. The van der Waals surface area contributed by atoms with Gasteiger partial charge in [0.2, 0.25) is 0 Å². The average Bonchev–Trinajstić information content (AvgIpc) is 2.47. The fraction of sp³-hybridized carbons (Fsp3) is 0.167. The van der Waals surface area contributed by atoms with Crippen LogP contribution in [0.25, 0.3) is 11.1 Å². The fourth-order valence-corrected chi connectivity index (χ4v) is 1.63. The zero-order chi connectivity index (χ0) is 13.9. The van der Waals surface area contributed by atoms with E-state index in [9.17, 15) is 0 Å². The molecule has 98 valence electrons. The Labute approximate surface area is 116 Å². The van der Waals surface area contributed by atoms with E-state index in [1.54, 1.807) is 13.3 Å². The first kappa shape index (κ1) is 14.9. The van der Waals surface area contributed by atoms with Gasteiger partial charge in [-0.15, -0.1) is 0 Å². The number of hydrogen-bond donors (Lipinski definition) is 0. The Hall–Kier alpha value is -2.15. The van der Waals surface area contributed by atoms with Gasteiger partial charge in [-0.1, -0.05) is 66.2 Å². The molecule has 1 nitrogen and oxygen atoms in total. The van der Waals surface area contributed by atoms with E-state index in [1.807, 2.05) is 25.1 Å². The Morgan fingerprint density at radius 2 is 1.58 bits per heavy atom. The van der Waals surface area contributed by atoms with Gasteiger partial charge in [0.1, 0.15) is 0 Å². The highest BCUT2D eigenvalue weighted by Gasteiger charge is 1.94. The molecule has 0 aliphatic heterocycles. The topological polar surface area (TPSA) is 12.4 Å². The van der Waals surface area contributed by atoms with E-state index in [4.69, 9.17) is 0 Å². The van der Waals surface area contributed by atoms with Crippen LogP contribution in [0.4, 0.5) is 0 Å². The summed E-state index contributed by atoms with van der Waals surface area (Å²) in [5.74, 6) is 0. The van der Waals surface area contributed by atoms with Gasteiger partial charge < -0.3 is 0 Å². The number of aryl methyl sites for hydroxylation is 1. The maximum Gasteiger partial charge on any atom is 0.0277 e. The summed E-state index contributed by atoms with van der Waals surface area (Å²) in [5, 5.41) is 0. The maximum absolute atomic E-state index is 3.71. The van der Waals surface area contributed by atoms with Crippen LogP contribution in [0.3, 0.4) is 0 Å². The molecule has 1 heteroatoms. The van der Waals surface area contributed by atoms with E-state index in [2.05, 4.69) is 60.4 Å². The van der Waals surface area contributed by atoms with Crippen molar-refractivity contribution < 1.29 is 0 Å². The summed E-state index contributed by atoms with van der Waals surface area (Å²) in [6.45, 7) is 4.08. The standard InChI is InChI=1S/C13H12.C5H9N/c1-11-6-5-9-13(10-11)12-7-3-2-4-8-12;1-3-4-5-6-2/h2-10H,1H3;3-5H,1-2H3/b;4-3-,6-5?. The van der Waals surface area contributed by atoms with Gasteiger partial charge in [0.25, 0.3) is 0 Å². The molecule has 0 bridgehead atoms. The second-order valence-corrected chi connectivity index (χ2v) is 4.17. The molecule has 2 rings (SSSR count). The minimum absolute atomic E-state index is 1.28. The highest BCUT2D eigenvalue weighted by Crippen LogP contribution is 2.19. The van der Waals surface area contributed by atoms with Crippen molar-refractivity contribution in [1.82, 2.24) is 0 Å². The van der Waals surface area contributed by atoms with Gasteiger partial charge in [-0.3, -0.25) is 4.99 Å². The lowest BCUT2D eigenvalue weighted by atomic mass is 10.0. The van der Waals surface area contributed by atoms with E-state index >= 15 is 0 Å². The van der Waals surface area contributed by atoms with Crippen LogP contribution in [-0.2, 0) is 0 Å². The van der Waals surface area contributed by atoms with Crippen molar-refractivity contribution in [3.63, 3.8) is 0 Å². The first-order valence-corrected chi connectivity index (χ1v) is 6.43. The van der Waals surface area contributed by atoms with Crippen molar-refractivity contribution in [3.8, 4) is 11.1 Å². The Morgan fingerprint density at radius 3 is 2.11 bits per heavy atom. The molecular weight excluding hydrogens is 230 g/mol. The van der Waals surface area contributed by atoms with E-state index in [-0.39, 0.29) is 0 Å². The Morgan fingerprint density at radius 1 is 0.895 bits per heavy atom. The number of allylic oxidation sites excluding steroid dienone is 2. The normalized spacial score (nSPS) is 10.5. The molecule has 0 aliphatic carbocycles. The van der Waals surface area contributed by atoms with Crippen molar-refractivity contribution in [2.45, 2.75) is 13.8 Å². The summed E-state index contributed by atoms with van der Waals surface area (Å²) >= 11 is 0. The quantitative estimate of drug-likeness (QED) is 0.671. The molecule has 0 radical (unpaired) electrons. The highest BCUT2D eigenvalue weighted by atomic mass is 14.6. The molecule has 2 aromatic rings. The number of rotatable bonds is 2. The van der Waals surface area contributed by atoms with Gasteiger partial charge in [0.15, 0.2) is 0 Å². The van der Waals surface area contributed by atoms with Gasteiger partial charge in [0.05, 0.1) is 0 Å². The monoisotopic (exact) mass is 251 g/mol. The molecule has 0 spiro atoms. The van der Waals surface area contributed by atoms with Crippen LogP contribution in [0.15, 0.2) is 71.7 Å². The molecule has 19 heavy (non-hydrogen) atoms. The van der Waals surface area contributed by atoms with Crippen molar-refractivity contribution in [3.05, 3.63) is 72.3 Å². The third kappa shape index (κ3) is 5.82. The summed E-state index contributed by atoms with van der Waals surface area (Å²) in [5.41, 5.74) is 3.88. The minimum atomic E-state index is 1.28. The first-order valence-electron chi connectivity index (χ1n) is 6.43. The van der Waals surface area contributed by atoms with E-state index in [0.717, 1.165) is 0 Å². The van der Waals surface area contributed by atoms with Crippen molar-refractivity contribution in [2.75, 3.05) is 7.05 Å². The van der Waals surface area contributed by atoms with Crippen molar-refractivity contribution in [1.29, 1.82) is 0 Å². The lowest BCUT2D eigenvalue weighted by Gasteiger charge is -2.01. The van der Waals surface area contributed by atoms with Crippen molar-refractivity contribution >= 4 is 6.21 Å². The molecule has 0 heterocycles. The predicted molar refractivity (Wildman–Crippen MR) is 85.8 cm³/mol. The highest BCUT2D eigenvalue weighted by molar-refractivity contribution is 5.70. The van der Waals surface area contributed by atoms with Gasteiger partial charge in [-0.05, 0) is 31.1 Å². The lowest BCUT2D eigenvalue weighted by molar-refractivity contribution is 1.47. The molecule has 0 saturated carbocycles.